The fourth-order valence-electron chi connectivity index (χ4n) is 2.94. The molecule has 0 heterocycles. The molecule has 1 N–H and O–H groups in total. The molecule has 0 saturated heterocycles. The monoisotopic (exact) mass is 211 g/mol. The molecule has 0 aromatic rings. The second kappa shape index (κ2) is 5.31. The van der Waals surface area contributed by atoms with Crippen LogP contribution in [0.25, 0.3) is 0 Å². The minimum absolute atomic E-state index is 0.252. The first-order valence-electron chi connectivity index (χ1n) is 6.63. The summed E-state index contributed by atoms with van der Waals surface area (Å²) in [6, 6.07) is 0.799. The molecule has 2 aliphatic rings. The molecule has 0 atom stereocenters. The summed E-state index contributed by atoms with van der Waals surface area (Å²) in [5, 5.41) is 3.70. The van der Waals surface area contributed by atoms with Gasteiger partial charge in [0, 0.05) is 13.2 Å². The Morgan fingerprint density at radius 2 is 1.87 bits per heavy atom. The third-order valence-corrected chi connectivity index (χ3v) is 4.32. The molecule has 2 rings (SSSR count). The van der Waals surface area contributed by atoms with Crippen LogP contribution in [-0.2, 0) is 4.74 Å². The van der Waals surface area contributed by atoms with Crippen LogP contribution in [0, 0.1) is 0 Å². The predicted octanol–water partition coefficient (Wildman–Crippen LogP) is 2.87. The van der Waals surface area contributed by atoms with Gasteiger partial charge in [-0.05, 0) is 45.1 Å². The van der Waals surface area contributed by atoms with Gasteiger partial charge < -0.3 is 10.1 Å². The highest BCUT2D eigenvalue weighted by molar-refractivity contribution is 4.90. The van der Waals surface area contributed by atoms with Gasteiger partial charge in [0.25, 0.3) is 0 Å². The van der Waals surface area contributed by atoms with Crippen molar-refractivity contribution in [3.05, 3.63) is 0 Å². The third kappa shape index (κ3) is 2.94. The molecular weight excluding hydrogens is 186 g/mol. The molecule has 2 heteroatoms. The van der Waals surface area contributed by atoms with Crippen LogP contribution in [0.1, 0.15) is 57.8 Å². The van der Waals surface area contributed by atoms with E-state index in [4.69, 9.17) is 4.74 Å². The highest BCUT2D eigenvalue weighted by Crippen LogP contribution is 2.37. The fourth-order valence-corrected chi connectivity index (χ4v) is 2.94. The highest BCUT2D eigenvalue weighted by Gasteiger charge is 2.36. The molecule has 0 aromatic carbocycles. The fraction of sp³-hybridized carbons (Fsp3) is 1.00. The van der Waals surface area contributed by atoms with E-state index in [-0.39, 0.29) is 5.60 Å². The van der Waals surface area contributed by atoms with Crippen molar-refractivity contribution in [1.29, 1.82) is 0 Å². The molecule has 0 aliphatic heterocycles. The van der Waals surface area contributed by atoms with Gasteiger partial charge in [0.2, 0.25) is 0 Å². The van der Waals surface area contributed by atoms with Gasteiger partial charge in [-0.15, -0.1) is 0 Å². The molecule has 2 saturated carbocycles. The maximum Gasteiger partial charge on any atom is 0.0690 e. The zero-order valence-corrected chi connectivity index (χ0v) is 10.1. The van der Waals surface area contributed by atoms with Crippen molar-refractivity contribution in [1.82, 2.24) is 5.32 Å². The Labute approximate surface area is 93.8 Å². The lowest BCUT2D eigenvalue weighted by Gasteiger charge is -2.41. The van der Waals surface area contributed by atoms with Crippen molar-refractivity contribution in [2.45, 2.75) is 69.4 Å². The van der Waals surface area contributed by atoms with Gasteiger partial charge in [-0.25, -0.2) is 0 Å². The van der Waals surface area contributed by atoms with E-state index in [0.717, 1.165) is 12.6 Å². The summed E-state index contributed by atoms with van der Waals surface area (Å²) in [6.45, 7) is 1.15. The number of rotatable bonds is 5. The van der Waals surface area contributed by atoms with E-state index in [0.29, 0.717) is 0 Å². The Morgan fingerprint density at radius 3 is 2.40 bits per heavy atom. The molecule has 15 heavy (non-hydrogen) atoms. The van der Waals surface area contributed by atoms with Crippen LogP contribution in [-0.4, -0.2) is 25.3 Å². The highest BCUT2D eigenvalue weighted by atomic mass is 16.5. The van der Waals surface area contributed by atoms with E-state index in [9.17, 15) is 0 Å². The summed E-state index contributed by atoms with van der Waals surface area (Å²) in [7, 11) is 1.87. The van der Waals surface area contributed by atoms with Crippen molar-refractivity contribution in [2.24, 2.45) is 0 Å². The predicted molar refractivity (Wildman–Crippen MR) is 63.1 cm³/mol. The van der Waals surface area contributed by atoms with Gasteiger partial charge in [-0.1, -0.05) is 19.3 Å². The zero-order valence-electron chi connectivity index (χ0n) is 10.1. The van der Waals surface area contributed by atoms with Gasteiger partial charge in [-0.3, -0.25) is 0 Å². The number of nitrogens with one attached hydrogen (secondary N) is 1. The smallest absolute Gasteiger partial charge is 0.0690 e. The van der Waals surface area contributed by atoms with E-state index in [2.05, 4.69) is 5.32 Å². The summed E-state index contributed by atoms with van der Waals surface area (Å²) in [5.74, 6) is 0. The second-order valence-electron chi connectivity index (χ2n) is 5.28. The van der Waals surface area contributed by atoms with Crippen LogP contribution in [0.4, 0.5) is 0 Å². The van der Waals surface area contributed by atoms with Crippen molar-refractivity contribution >= 4 is 0 Å². The second-order valence-corrected chi connectivity index (χ2v) is 5.28. The molecule has 2 aliphatic carbocycles. The molecule has 88 valence electrons. The average Bonchev–Trinajstić information content (AvgIpc) is 2.24. The molecule has 0 aromatic heterocycles. The van der Waals surface area contributed by atoms with Gasteiger partial charge in [0.1, 0.15) is 0 Å². The van der Waals surface area contributed by atoms with Crippen molar-refractivity contribution < 1.29 is 4.74 Å². The Balaban J connectivity index is 1.61. The number of methoxy groups -OCH3 is 1. The number of ether oxygens (including phenoxy) is 1. The van der Waals surface area contributed by atoms with E-state index in [1.807, 2.05) is 7.11 Å². The van der Waals surface area contributed by atoms with Crippen LogP contribution < -0.4 is 5.32 Å². The van der Waals surface area contributed by atoms with Crippen LogP contribution in [0.2, 0.25) is 0 Å². The molecule has 2 nitrogen and oxygen atoms in total. The molecule has 0 radical (unpaired) electrons. The van der Waals surface area contributed by atoms with Crippen LogP contribution in [0.3, 0.4) is 0 Å². The zero-order chi connectivity index (χ0) is 10.6. The molecule has 0 spiro atoms. The summed E-state index contributed by atoms with van der Waals surface area (Å²) < 4.78 is 5.62. The van der Waals surface area contributed by atoms with Gasteiger partial charge in [0.05, 0.1) is 5.60 Å². The summed E-state index contributed by atoms with van der Waals surface area (Å²) in [4.78, 5) is 0. The third-order valence-electron chi connectivity index (χ3n) is 4.32. The Hall–Kier alpha value is -0.0800. The minimum Gasteiger partial charge on any atom is -0.378 e. The molecule has 2 fully saturated rings. The Kier molecular flexibility index (Phi) is 4.04. The maximum absolute atomic E-state index is 5.62. The first-order chi connectivity index (χ1) is 7.35. The largest absolute Gasteiger partial charge is 0.378 e. The van der Waals surface area contributed by atoms with Gasteiger partial charge >= 0.3 is 0 Å². The van der Waals surface area contributed by atoms with Crippen LogP contribution >= 0.6 is 0 Å². The quantitative estimate of drug-likeness (QED) is 0.755. The minimum atomic E-state index is 0.252. The lowest BCUT2D eigenvalue weighted by Crippen LogP contribution is -2.43. The standard InChI is InChI=1S/C13H25NO/c1-15-13(8-5-9-13)10-11-14-12-6-3-2-4-7-12/h12,14H,2-11H2,1H3. The summed E-state index contributed by atoms with van der Waals surface area (Å²) >= 11 is 0. The Morgan fingerprint density at radius 1 is 1.13 bits per heavy atom. The first-order valence-corrected chi connectivity index (χ1v) is 6.63. The number of hydrogen-bond acceptors (Lipinski definition) is 2. The summed E-state index contributed by atoms with van der Waals surface area (Å²) in [5.41, 5.74) is 0.252. The van der Waals surface area contributed by atoms with Crippen molar-refractivity contribution in [2.75, 3.05) is 13.7 Å². The molecule has 0 amide bonds. The lowest BCUT2D eigenvalue weighted by atomic mass is 9.77. The molecule has 0 bridgehead atoms. The van der Waals surface area contributed by atoms with Crippen LogP contribution in [0.5, 0.6) is 0 Å². The van der Waals surface area contributed by atoms with E-state index in [1.54, 1.807) is 0 Å². The van der Waals surface area contributed by atoms with Crippen molar-refractivity contribution in [3.63, 3.8) is 0 Å². The van der Waals surface area contributed by atoms with Gasteiger partial charge in [-0.2, -0.15) is 0 Å². The summed E-state index contributed by atoms with van der Waals surface area (Å²) in [6.07, 6.45) is 12.2. The molecule has 0 unspecified atom stereocenters. The normalized spacial score (nSPS) is 26.2. The lowest BCUT2D eigenvalue weighted by molar-refractivity contribution is -0.0772. The average molecular weight is 211 g/mol. The topological polar surface area (TPSA) is 21.3 Å². The first kappa shape index (κ1) is 11.4. The van der Waals surface area contributed by atoms with Gasteiger partial charge in [0.15, 0.2) is 0 Å². The van der Waals surface area contributed by atoms with Crippen molar-refractivity contribution in [3.8, 4) is 0 Å². The SMILES string of the molecule is COC1(CCNC2CCCCC2)CCC1. The van der Waals surface area contributed by atoms with E-state index >= 15 is 0 Å². The Bertz CT molecular complexity index is 177. The van der Waals surface area contributed by atoms with E-state index in [1.165, 1.54) is 57.8 Å². The number of hydrogen-bond donors (Lipinski definition) is 1. The van der Waals surface area contributed by atoms with E-state index < -0.39 is 0 Å². The molecular formula is C13H25NO. The van der Waals surface area contributed by atoms with Crippen LogP contribution in [0.15, 0.2) is 0 Å². The maximum atomic E-state index is 5.62.